The van der Waals surface area contributed by atoms with Gasteiger partial charge < -0.3 is 0 Å². The van der Waals surface area contributed by atoms with Crippen molar-refractivity contribution in [3.8, 4) is 0 Å². The highest BCUT2D eigenvalue weighted by molar-refractivity contribution is 7.16. The van der Waals surface area contributed by atoms with Gasteiger partial charge in [-0.2, -0.15) is 0 Å². The molecule has 2 saturated carbocycles. The molecular weight excluding hydrogens is 187 g/mol. The molecule has 0 radical (unpaired) electrons. The molecule has 82 valence electrons. The first-order chi connectivity index (χ1) is 6.74. The van der Waals surface area contributed by atoms with Crippen LogP contribution in [0.5, 0.6) is 0 Å². The summed E-state index contributed by atoms with van der Waals surface area (Å²) in [5.74, 6) is 2.16. The van der Waals surface area contributed by atoms with E-state index in [1.54, 1.807) is 6.42 Å². The first-order valence-electron chi connectivity index (χ1n) is 6.45. The van der Waals surface area contributed by atoms with Gasteiger partial charge in [0.15, 0.2) is 0 Å². The molecule has 2 rings (SSSR count). The molecule has 2 aliphatic rings. The Kier molecular flexibility index (Phi) is 3.53. The number of fused-ring (bicyclic) bond motifs is 2. The minimum atomic E-state index is 0.691. The molecule has 0 aromatic heterocycles. The van der Waals surface area contributed by atoms with Crippen LogP contribution in [0, 0.1) is 17.3 Å². The Bertz CT molecular complexity index is 190. The van der Waals surface area contributed by atoms with Crippen molar-refractivity contribution in [1.82, 2.24) is 0 Å². The summed E-state index contributed by atoms with van der Waals surface area (Å²) in [6, 6.07) is 0. The Hall–Kier alpha value is 0.430. The van der Waals surface area contributed by atoms with Gasteiger partial charge in [-0.1, -0.05) is 32.6 Å². The second-order valence-electron chi connectivity index (χ2n) is 5.81. The molecule has 0 amide bonds. The molecule has 2 aliphatic carbocycles. The van der Waals surface area contributed by atoms with Crippen LogP contribution in [0.15, 0.2) is 0 Å². The molecule has 0 aliphatic heterocycles. The molecular formula is C13H25P. The molecule has 0 nitrogen and oxygen atoms in total. The minimum absolute atomic E-state index is 0.691. The van der Waals surface area contributed by atoms with E-state index in [4.69, 9.17) is 0 Å². The summed E-state index contributed by atoms with van der Waals surface area (Å²) in [7, 11) is 2.93. The van der Waals surface area contributed by atoms with Crippen LogP contribution in [0.3, 0.4) is 0 Å². The van der Waals surface area contributed by atoms with Gasteiger partial charge in [-0.3, -0.25) is 0 Å². The quantitative estimate of drug-likeness (QED) is 0.600. The lowest BCUT2D eigenvalue weighted by atomic mass is 9.69. The van der Waals surface area contributed by atoms with Crippen LogP contribution < -0.4 is 0 Å². The van der Waals surface area contributed by atoms with Gasteiger partial charge in [-0.05, 0) is 49.1 Å². The predicted octanol–water partition coefficient (Wildman–Crippen LogP) is 4.25. The summed E-state index contributed by atoms with van der Waals surface area (Å²) in [4.78, 5) is 0. The van der Waals surface area contributed by atoms with Crippen molar-refractivity contribution in [2.75, 3.05) is 6.16 Å². The van der Waals surface area contributed by atoms with E-state index in [-0.39, 0.29) is 0 Å². The molecule has 0 heterocycles. The van der Waals surface area contributed by atoms with Gasteiger partial charge in [0.1, 0.15) is 0 Å². The van der Waals surface area contributed by atoms with E-state index in [0.29, 0.717) is 5.41 Å². The van der Waals surface area contributed by atoms with Crippen molar-refractivity contribution in [1.29, 1.82) is 0 Å². The number of hydrogen-bond donors (Lipinski definition) is 0. The summed E-state index contributed by atoms with van der Waals surface area (Å²) >= 11 is 0. The molecule has 2 bridgehead atoms. The van der Waals surface area contributed by atoms with E-state index in [1.165, 1.54) is 51.1 Å². The average Bonchev–Trinajstić information content (AvgIpc) is 2.61. The van der Waals surface area contributed by atoms with Crippen molar-refractivity contribution in [3.63, 3.8) is 0 Å². The molecule has 2 fully saturated rings. The summed E-state index contributed by atoms with van der Waals surface area (Å²) in [5, 5.41) is 0. The molecule has 14 heavy (non-hydrogen) atoms. The SMILES string of the molecule is CC1(CCP)CCCCC2CCC1C2. The van der Waals surface area contributed by atoms with Gasteiger partial charge in [0.25, 0.3) is 0 Å². The van der Waals surface area contributed by atoms with Gasteiger partial charge in [-0.25, -0.2) is 0 Å². The molecule has 0 spiro atoms. The number of hydrogen-bond acceptors (Lipinski definition) is 0. The maximum atomic E-state index is 2.93. The van der Waals surface area contributed by atoms with Crippen molar-refractivity contribution in [3.05, 3.63) is 0 Å². The number of rotatable bonds is 2. The molecule has 0 saturated heterocycles. The van der Waals surface area contributed by atoms with E-state index in [9.17, 15) is 0 Å². The Morgan fingerprint density at radius 3 is 2.86 bits per heavy atom. The van der Waals surface area contributed by atoms with Crippen LogP contribution in [-0.4, -0.2) is 6.16 Å². The maximum absolute atomic E-state index is 2.93. The Balaban J connectivity index is 2.06. The van der Waals surface area contributed by atoms with E-state index < -0.39 is 0 Å². The van der Waals surface area contributed by atoms with Crippen LogP contribution in [0.1, 0.15) is 58.3 Å². The Labute approximate surface area is 91.4 Å². The predicted molar refractivity (Wildman–Crippen MR) is 66.6 cm³/mol. The fraction of sp³-hybridized carbons (Fsp3) is 1.00. The summed E-state index contributed by atoms with van der Waals surface area (Å²) in [6.45, 7) is 2.56. The largest absolute Gasteiger partial charge is 0.138 e. The van der Waals surface area contributed by atoms with Gasteiger partial charge in [0, 0.05) is 0 Å². The van der Waals surface area contributed by atoms with Crippen LogP contribution >= 0.6 is 9.24 Å². The van der Waals surface area contributed by atoms with Crippen LogP contribution in [0.2, 0.25) is 0 Å². The van der Waals surface area contributed by atoms with E-state index in [2.05, 4.69) is 16.2 Å². The zero-order valence-corrected chi connectivity index (χ0v) is 10.8. The second kappa shape index (κ2) is 4.52. The first-order valence-corrected chi connectivity index (χ1v) is 7.26. The third kappa shape index (κ3) is 2.16. The molecule has 4 atom stereocenters. The lowest BCUT2D eigenvalue weighted by Gasteiger charge is -2.37. The summed E-state index contributed by atoms with van der Waals surface area (Å²) in [5.41, 5.74) is 0.691. The van der Waals surface area contributed by atoms with Crippen molar-refractivity contribution in [2.24, 2.45) is 17.3 Å². The van der Waals surface area contributed by atoms with Gasteiger partial charge in [-0.15, -0.1) is 9.24 Å². The lowest BCUT2D eigenvalue weighted by molar-refractivity contribution is 0.145. The average molecular weight is 212 g/mol. The Morgan fingerprint density at radius 2 is 2.07 bits per heavy atom. The first kappa shape index (κ1) is 10.9. The fourth-order valence-electron chi connectivity index (χ4n) is 3.79. The highest BCUT2D eigenvalue weighted by Crippen LogP contribution is 2.50. The zero-order chi connectivity index (χ0) is 10.0. The maximum Gasteiger partial charge on any atom is -0.0294 e. The zero-order valence-electron chi connectivity index (χ0n) is 9.60. The Morgan fingerprint density at radius 1 is 1.21 bits per heavy atom. The molecule has 0 N–H and O–H groups in total. The van der Waals surface area contributed by atoms with E-state index >= 15 is 0 Å². The van der Waals surface area contributed by atoms with E-state index in [0.717, 1.165) is 11.8 Å². The summed E-state index contributed by atoms with van der Waals surface area (Å²) < 4.78 is 0. The van der Waals surface area contributed by atoms with Crippen molar-refractivity contribution in [2.45, 2.75) is 58.3 Å². The van der Waals surface area contributed by atoms with Gasteiger partial charge >= 0.3 is 0 Å². The van der Waals surface area contributed by atoms with Crippen LogP contribution in [0.25, 0.3) is 0 Å². The normalized spacial score (nSPS) is 43.3. The molecule has 0 aromatic carbocycles. The summed E-state index contributed by atoms with van der Waals surface area (Å²) in [6.07, 6.45) is 13.4. The standard InChI is InChI=1S/C13H25P/c1-13(8-9-14)7-3-2-4-11-5-6-12(13)10-11/h11-12H,2-10,14H2,1H3. The topological polar surface area (TPSA) is 0 Å². The minimum Gasteiger partial charge on any atom is -0.138 e. The van der Waals surface area contributed by atoms with Crippen molar-refractivity contribution < 1.29 is 0 Å². The monoisotopic (exact) mass is 212 g/mol. The highest BCUT2D eigenvalue weighted by atomic mass is 31.0. The van der Waals surface area contributed by atoms with E-state index in [1.807, 2.05) is 0 Å². The third-order valence-corrected chi connectivity index (χ3v) is 5.14. The van der Waals surface area contributed by atoms with Gasteiger partial charge in [0.05, 0.1) is 0 Å². The molecule has 0 aromatic rings. The fourth-order valence-corrected chi connectivity index (χ4v) is 4.45. The third-order valence-electron chi connectivity index (χ3n) is 4.85. The smallest absolute Gasteiger partial charge is 0.0294 e. The van der Waals surface area contributed by atoms with Crippen LogP contribution in [-0.2, 0) is 0 Å². The lowest BCUT2D eigenvalue weighted by Crippen LogP contribution is -2.27. The van der Waals surface area contributed by atoms with Gasteiger partial charge in [0.2, 0.25) is 0 Å². The van der Waals surface area contributed by atoms with Crippen molar-refractivity contribution >= 4 is 9.24 Å². The second-order valence-corrected chi connectivity index (χ2v) is 6.39. The molecule has 4 unspecified atom stereocenters. The highest BCUT2D eigenvalue weighted by Gasteiger charge is 2.39. The molecule has 1 heteroatoms. The van der Waals surface area contributed by atoms with Crippen LogP contribution in [0.4, 0.5) is 0 Å².